The molecule has 0 N–H and O–H groups in total. The molecule has 0 saturated carbocycles. The van der Waals surface area contributed by atoms with E-state index in [-0.39, 0.29) is 30.6 Å². The molecular formula is C9H13NO4SSe. The summed E-state index contributed by atoms with van der Waals surface area (Å²) in [5.74, 6) is 2.24. The van der Waals surface area contributed by atoms with Crippen LogP contribution in [0.2, 0.25) is 5.82 Å². The summed E-state index contributed by atoms with van der Waals surface area (Å²) in [5, 5.41) is 0. The molecule has 0 aliphatic carbocycles. The van der Waals surface area contributed by atoms with Crippen LogP contribution in [0.1, 0.15) is 0 Å². The van der Waals surface area contributed by atoms with Gasteiger partial charge in [0.05, 0.1) is 0 Å². The van der Waals surface area contributed by atoms with E-state index in [0.29, 0.717) is 5.75 Å². The number of carbonyl (C=O) groups is 2. The molecule has 2 heterocycles. The topological polar surface area (TPSA) is 55.8 Å². The van der Waals surface area contributed by atoms with E-state index in [1.807, 2.05) is 0 Å². The maximum absolute atomic E-state index is 11.9. The monoisotopic (exact) mass is 311 g/mol. The number of esters is 1. The summed E-state index contributed by atoms with van der Waals surface area (Å²) < 4.78 is 9.64. The van der Waals surface area contributed by atoms with Crippen LogP contribution in [0.3, 0.4) is 0 Å². The third-order valence-corrected chi connectivity index (χ3v) is 7.89. The Morgan fingerprint density at radius 3 is 2.81 bits per heavy atom. The molecule has 3 atom stereocenters. The summed E-state index contributed by atoms with van der Waals surface area (Å²) in [5.41, 5.74) is 0. The number of amides is 1. The number of carbonyl (C=O) groups excluding carboxylic acids is 2. The minimum absolute atomic E-state index is 0.0911. The Hall–Kier alpha value is -0.231. The van der Waals surface area contributed by atoms with Crippen molar-refractivity contribution in [1.82, 2.24) is 4.90 Å². The average molecular weight is 310 g/mol. The molecule has 0 bridgehead atoms. The first-order valence-corrected chi connectivity index (χ1v) is 8.30. The van der Waals surface area contributed by atoms with Crippen molar-refractivity contribution in [2.45, 2.75) is 21.7 Å². The molecule has 0 aromatic rings. The van der Waals surface area contributed by atoms with Crippen LogP contribution in [0, 0.1) is 0 Å². The zero-order valence-corrected chi connectivity index (χ0v) is 11.8. The summed E-state index contributed by atoms with van der Waals surface area (Å²) in [6.45, 7) is 0. The molecule has 0 spiro atoms. The summed E-state index contributed by atoms with van der Waals surface area (Å²) >= 11 is 1.84. The molecule has 2 aliphatic rings. The zero-order valence-electron chi connectivity index (χ0n) is 9.26. The average Bonchev–Trinajstić information content (AvgIpc) is 2.64. The molecule has 90 valence electrons. The van der Waals surface area contributed by atoms with Crippen LogP contribution in [0.25, 0.3) is 0 Å². The number of fused-ring (bicyclic) bond motifs is 1. The molecule has 5 nitrogen and oxygen atoms in total. The normalized spacial score (nSPS) is 36.9. The Bertz CT molecular complexity index is 339. The van der Waals surface area contributed by atoms with Gasteiger partial charge in [0.2, 0.25) is 0 Å². The predicted molar refractivity (Wildman–Crippen MR) is 60.3 cm³/mol. The summed E-state index contributed by atoms with van der Waals surface area (Å²) in [6.07, 6.45) is -0.392. The number of thioether (sulfide) groups is 1. The number of hydrogen-bond donors (Lipinski definition) is 0. The van der Waals surface area contributed by atoms with Gasteiger partial charge >= 0.3 is 104 Å². The molecule has 2 saturated heterocycles. The van der Waals surface area contributed by atoms with Gasteiger partial charge in [-0.2, -0.15) is 0 Å². The Morgan fingerprint density at radius 1 is 1.62 bits per heavy atom. The van der Waals surface area contributed by atoms with E-state index in [1.165, 1.54) is 7.11 Å². The molecule has 7 heteroatoms. The van der Waals surface area contributed by atoms with Gasteiger partial charge in [-0.05, 0) is 0 Å². The van der Waals surface area contributed by atoms with Crippen molar-refractivity contribution in [3.05, 3.63) is 0 Å². The second kappa shape index (κ2) is 4.22. The van der Waals surface area contributed by atoms with E-state index < -0.39 is 12.1 Å². The van der Waals surface area contributed by atoms with Gasteiger partial charge in [0.25, 0.3) is 0 Å². The molecule has 0 aromatic heterocycles. The van der Waals surface area contributed by atoms with Crippen LogP contribution in [0.5, 0.6) is 0 Å². The zero-order chi connectivity index (χ0) is 11.9. The number of β-lactam (4-membered cyclic amide) rings is 1. The fourth-order valence-corrected chi connectivity index (χ4v) is 6.51. The Balaban J connectivity index is 2.24. The van der Waals surface area contributed by atoms with Gasteiger partial charge < -0.3 is 0 Å². The van der Waals surface area contributed by atoms with E-state index in [4.69, 9.17) is 9.47 Å². The summed E-state index contributed by atoms with van der Waals surface area (Å²) in [6, 6.07) is -0.435. The first kappa shape index (κ1) is 12.2. The van der Waals surface area contributed by atoms with Gasteiger partial charge in [-0.1, -0.05) is 0 Å². The first-order valence-electron chi connectivity index (χ1n) is 4.75. The number of ether oxygens (including phenoxy) is 2. The van der Waals surface area contributed by atoms with Crippen molar-refractivity contribution >= 4 is 38.6 Å². The van der Waals surface area contributed by atoms with Crippen LogP contribution < -0.4 is 0 Å². The number of nitrogens with zero attached hydrogens (tertiary/aromatic N) is 1. The van der Waals surface area contributed by atoms with Gasteiger partial charge in [0.15, 0.2) is 0 Å². The molecular weight excluding hydrogens is 297 g/mol. The third kappa shape index (κ3) is 1.35. The molecule has 2 aliphatic heterocycles. The number of methoxy groups -OCH3 is 2. The molecule has 2 rings (SSSR count). The molecule has 2 unspecified atom stereocenters. The second-order valence-corrected chi connectivity index (χ2v) is 7.50. The van der Waals surface area contributed by atoms with Crippen molar-refractivity contribution in [2.75, 3.05) is 20.0 Å². The molecule has 2 fully saturated rings. The van der Waals surface area contributed by atoms with Crippen LogP contribution in [0.4, 0.5) is 0 Å². The van der Waals surface area contributed by atoms with Crippen molar-refractivity contribution < 1.29 is 19.1 Å². The van der Waals surface area contributed by atoms with E-state index in [0.717, 1.165) is 0 Å². The SMILES string of the molecule is COC(=O)C1CS[C@]2([Se]C)C(OC)C(=O)N12. The van der Waals surface area contributed by atoms with Crippen LogP contribution >= 0.6 is 11.8 Å². The summed E-state index contributed by atoms with van der Waals surface area (Å²) in [4.78, 5) is 25.0. The fraction of sp³-hybridized carbons (Fsp3) is 0.778. The first-order chi connectivity index (χ1) is 7.62. The van der Waals surface area contributed by atoms with Crippen LogP contribution in [-0.2, 0) is 19.1 Å². The number of hydrogen-bond acceptors (Lipinski definition) is 5. The number of rotatable bonds is 3. The van der Waals surface area contributed by atoms with Crippen LogP contribution in [-0.4, -0.2) is 67.6 Å². The standard InChI is InChI=1S/C9H13NO4SSe/c1-13-6-7(11)10-5(8(12)14-2)4-15-9(6,10)16-3/h5-6H,4H2,1-3H3/t5?,6?,9-/m0/s1. The van der Waals surface area contributed by atoms with Crippen molar-refractivity contribution in [1.29, 1.82) is 0 Å². The molecule has 16 heavy (non-hydrogen) atoms. The predicted octanol–water partition coefficient (Wildman–Crippen LogP) is -0.462. The summed E-state index contributed by atoms with van der Waals surface area (Å²) in [7, 11) is 2.89. The molecule has 1 amide bonds. The van der Waals surface area contributed by atoms with Crippen LogP contribution in [0.15, 0.2) is 0 Å². The van der Waals surface area contributed by atoms with Crippen molar-refractivity contribution in [3.63, 3.8) is 0 Å². The maximum atomic E-state index is 11.9. The van der Waals surface area contributed by atoms with E-state index >= 15 is 0 Å². The Kier molecular flexibility index (Phi) is 3.22. The molecule has 0 radical (unpaired) electrons. The quantitative estimate of drug-likeness (QED) is 0.401. The fourth-order valence-electron chi connectivity index (χ4n) is 2.11. The Morgan fingerprint density at radius 2 is 2.31 bits per heavy atom. The van der Waals surface area contributed by atoms with E-state index in [9.17, 15) is 9.59 Å². The van der Waals surface area contributed by atoms with Crippen molar-refractivity contribution in [2.24, 2.45) is 0 Å². The second-order valence-electron chi connectivity index (χ2n) is 3.51. The molecule has 0 aromatic carbocycles. The Labute approximate surface area is 104 Å². The van der Waals surface area contributed by atoms with Gasteiger partial charge in [-0.15, -0.1) is 0 Å². The van der Waals surface area contributed by atoms with Gasteiger partial charge in [0.1, 0.15) is 0 Å². The van der Waals surface area contributed by atoms with Crippen molar-refractivity contribution in [3.8, 4) is 0 Å². The van der Waals surface area contributed by atoms with Gasteiger partial charge in [-0.25, -0.2) is 0 Å². The van der Waals surface area contributed by atoms with Gasteiger partial charge in [-0.3, -0.25) is 0 Å². The van der Waals surface area contributed by atoms with Gasteiger partial charge in [0, 0.05) is 0 Å². The third-order valence-electron chi connectivity index (χ3n) is 2.89. The van der Waals surface area contributed by atoms with E-state index in [1.54, 1.807) is 23.8 Å². The van der Waals surface area contributed by atoms with E-state index in [2.05, 4.69) is 5.82 Å². The minimum atomic E-state index is -0.435.